The van der Waals surface area contributed by atoms with Crippen LogP contribution in [0.15, 0.2) is 18.2 Å². The van der Waals surface area contributed by atoms with Crippen molar-refractivity contribution in [3.8, 4) is 0 Å². The third-order valence-electron chi connectivity index (χ3n) is 3.96. The number of esters is 1. The number of carbonyl (C=O) groups excluding carboxylic acids is 1. The van der Waals surface area contributed by atoms with Gasteiger partial charge in [-0.15, -0.1) is 0 Å². The van der Waals surface area contributed by atoms with Crippen molar-refractivity contribution in [2.24, 2.45) is 5.92 Å². The van der Waals surface area contributed by atoms with Crippen molar-refractivity contribution in [1.29, 1.82) is 0 Å². The second kappa shape index (κ2) is 7.76. The third-order valence-corrected chi connectivity index (χ3v) is 4.25. The first-order valence-corrected chi connectivity index (χ1v) is 7.82. The van der Waals surface area contributed by atoms with Gasteiger partial charge in [0.15, 0.2) is 0 Å². The minimum absolute atomic E-state index is 0.0194. The van der Waals surface area contributed by atoms with E-state index in [1.165, 1.54) is 0 Å². The molecule has 1 aromatic rings. The van der Waals surface area contributed by atoms with Crippen LogP contribution in [0, 0.1) is 11.7 Å². The molecule has 0 aromatic heterocycles. The van der Waals surface area contributed by atoms with E-state index in [2.05, 4.69) is 5.32 Å². The highest BCUT2D eigenvalue weighted by molar-refractivity contribution is 6.30. The van der Waals surface area contributed by atoms with Crippen molar-refractivity contribution < 1.29 is 13.9 Å². The average molecular weight is 314 g/mol. The summed E-state index contributed by atoms with van der Waals surface area (Å²) < 4.78 is 18.8. The lowest BCUT2D eigenvalue weighted by atomic mass is 9.86. The quantitative estimate of drug-likeness (QED) is 0.843. The number of hydrogen-bond acceptors (Lipinski definition) is 3. The van der Waals surface area contributed by atoms with Gasteiger partial charge in [-0.25, -0.2) is 4.39 Å². The maximum atomic E-state index is 13.8. The molecule has 116 valence electrons. The predicted octanol–water partition coefficient (Wildman–Crippen LogP) is 3.69. The molecule has 1 aromatic carbocycles. The first-order valence-electron chi connectivity index (χ1n) is 7.44. The van der Waals surface area contributed by atoms with Crippen molar-refractivity contribution in [3.05, 3.63) is 34.6 Å². The topological polar surface area (TPSA) is 38.3 Å². The molecule has 21 heavy (non-hydrogen) atoms. The molecule has 1 aliphatic carbocycles. The zero-order valence-electron chi connectivity index (χ0n) is 12.2. The Morgan fingerprint density at radius 2 is 2.10 bits per heavy atom. The van der Waals surface area contributed by atoms with Gasteiger partial charge < -0.3 is 10.1 Å². The van der Waals surface area contributed by atoms with Crippen LogP contribution in [0.2, 0.25) is 5.02 Å². The van der Waals surface area contributed by atoms with E-state index in [4.69, 9.17) is 16.3 Å². The lowest BCUT2D eigenvalue weighted by Gasteiger charge is -2.28. The molecule has 5 heteroatoms. The van der Waals surface area contributed by atoms with Crippen LogP contribution >= 0.6 is 11.6 Å². The fourth-order valence-corrected chi connectivity index (χ4v) is 2.93. The molecule has 1 aliphatic rings. The molecule has 2 rings (SSSR count). The number of benzene rings is 1. The molecule has 1 saturated carbocycles. The van der Waals surface area contributed by atoms with Gasteiger partial charge in [0.2, 0.25) is 0 Å². The molecule has 1 fully saturated rings. The van der Waals surface area contributed by atoms with Crippen molar-refractivity contribution in [1.82, 2.24) is 5.32 Å². The Balaban J connectivity index is 1.79. The summed E-state index contributed by atoms with van der Waals surface area (Å²) in [7, 11) is 0. The Hall–Kier alpha value is -1.13. The van der Waals surface area contributed by atoms with Crippen molar-refractivity contribution in [3.63, 3.8) is 0 Å². The Bertz CT molecular complexity index is 487. The van der Waals surface area contributed by atoms with Crippen LogP contribution in [0.1, 0.15) is 38.2 Å². The Kier molecular flexibility index (Phi) is 6.00. The number of ether oxygens (including phenoxy) is 1. The third kappa shape index (κ3) is 4.42. The lowest BCUT2D eigenvalue weighted by molar-refractivity contribution is -0.149. The van der Waals surface area contributed by atoms with Gasteiger partial charge in [0.05, 0.1) is 17.5 Å². The van der Waals surface area contributed by atoms with Gasteiger partial charge in [-0.3, -0.25) is 4.79 Å². The zero-order valence-corrected chi connectivity index (χ0v) is 13.0. The van der Waals surface area contributed by atoms with E-state index in [9.17, 15) is 9.18 Å². The molecule has 0 heterocycles. The zero-order chi connectivity index (χ0) is 15.2. The van der Waals surface area contributed by atoms with E-state index in [0.29, 0.717) is 24.8 Å². The standard InChI is InChI=1S/C16H21ClFNO2/c1-2-21-16(20)11-6-8-13(9-7-11)19-10-12-4-3-5-14(17)15(12)18/h3-5,11,13,19H,2,6-10H2,1H3. The fourth-order valence-electron chi connectivity index (χ4n) is 2.73. The van der Waals surface area contributed by atoms with Crippen LogP contribution in [-0.4, -0.2) is 18.6 Å². The minimum atomic E-state index is -0.355. The van der Waals surface area contributed by atoms with Crippen LogP contribution in [0.5, 0.6) is 0 Å². The smallest absolute Gasteiger partial charge is 0.308 e. The molecule has 0 atom stereocenters. The van der Waals surface area contributed by atoms with Gasteiger partial charge >= 0.3 is 5.97 Å². The van der Waals surface area contributed by atoms with Gasteiger partial charge in [-0.05, 0) is 38.7 Å². The van der Waals surface area contributed by atoms with Crippen LogP contribution in [0.3, 0.4) is 0 Å². The summed E-state index contributed by atoms with van der Waals surface area (Å²) in [4.78, 5) is 11.7. The molecule has 0 amide bonds. The molecule has 0 unspecified atom stereocenters. The molecular formula is C16H21ClFNO2. The van der Waals surface area contributed by atoms with Gasteiger partial charge in [0.1, 0.15) is 5.82 Å². The normalized spacial score (nSPS) is 22.0. The highest BCUT2D eigenvalue weighted by atomic mass is 35.5. The minimum Gasteiger partial charge on any atom is -0.466 e. The summed E-state index contributed by atoms with van der Waals surface area (Å²) in [5, 5.41) is 3.50. The maximum absolute atomic E-state index is 13.8. The first-order chi connectivity index (χ1) is 10.1. The van der Waals surface area contributed by atoms with Gasteiger partial charge in [0.25, 0.3) is 0 Å². The predicted molar refractivity (Wildman–Crippen MR) is 80.6 cm³/mol. The largest absolute Gasteiger partial charge is 0.466 e. The summed E-state index contributed by atoms with van der Waals surface area (Å²) in [5.41, 5.74) is 0.579. The second-order valence-electron chi connectivity index (χ2n) is 5.39. The van der Waals surface area contributed by atoms with E-state index in [-0.39, 0.29) is 22.7 Å². The van der Waals surface area contributed by atoms with E-state index in [0.717, 1.165) is 25.7 Å². The summed E-state index contributed by atoms with van der Waals surface area (Å²) in [5.74, 6) is -0.422. The van der Waals surface area contributed by atoms with Crippen molar-refractivity contribution in [2.45, 2.75) is 45.2 Å². The summed E-state index contributed by atoms with van der Waals surface area (Å²) in [6, 6.07) is 5.35. The lowest BCUT2D eigenvalue weighted by Crippen LogP contribution is -2.35. The molecule has 0 spiro atoms. The number of carbonyl (C=O) groups is 1. The van der Waals surface area contributed by atoms with Crippen LogP contribution in [-0.2, 0) is 16.1 Å². The Morgan fingerprint density at radius 1 is 1.38 bits per heavy atom. The van der Waals surface area contributed by atoms with Gasteiger partial charge in [-0.1, -0.05) is 23.7 Å². The molecule has 0 saturated heterocycles. The summed E-state index contributed by atoms with van der Waals surface area (Å²) in [6.45, 7) is 2.72. The summed E-state index contributed by atoms with van der Waals surface area (Å²) >= 11 is 5.76. The highest BCUT2D eigenvalue weighted by Crippen LogP contribution is 2.26. The number of rotatable bonds is 5. The monoisotopic (exact) mass is 313 g/mol. The highest BCUT2D eigenvalue weighted by Gasteiger charge is 2.27. The van der Waals surface area contributed by atoms with Gasteiger partial charge in [-0.2, -0.15) is 0 Å². The summed E-state index contributed by atoms with van der Waals surface area (Å²) in [6.07, 6.45) is 3.47. The van der Waals surface area contributed by atoms with E-state index >= 15 is 0 Å². The number of nitrogens with one attached hydrogen (secondary N) is 1. The van der Waals surface area contributed by atoms with Crippen molar-refractivity contribution >= 4 is 17.6 Å². The van der Waals surface area contributed by atoms with Crippen LogP contribution < -0.4 is 5.32 Å². The number of halogens is 2. The van der Waals surface area contributed by atoms with Gasteiger partial charge in [0, 0.05) is 18.2 Å². The van der Waals surface area contributed by atoms with E-state index < -0.39 is 0 Å². The molecule has 0 bridgehead atoms. The molecule has 0 radical (unpaired) electrons. The SMILES string of the molecule is CCOC(=O)C1CCC(NCc2cccc(Cl)c2F)CC1. The maximum Gasteiger partial charge on any atom is 0.308 e. The average Bonchev–Trinajstić information content (AvgIpc) is 2.49. The molecule has 1 N–H and O–H groups in total. The molecule has 0 aliphatic heterocycles. The Morgan fingerprint density at radius 3 is 2.76 bits per heavy atom. The molecule has 3 nitrogen and oxygen atoms in total. The molecular weight excluding hydrogens is 293 g/mol. The van der Waals surface area contributed by atoms with Crippen molar-refractivity contribution in [2.75, 3.05) is 6.61 Å². The Labute approximate surface area is 129 Å². The second-order valence-corrected chi connectivity index (χ2v) is 5.80. The number of hydrogen-bond donors (Lipinski definition) is 1. The first kappa shape index (κ1) is 16.2. The van der Waals surface area contributed by atoms with Crippen LogP contribution in [0.4, 0.5) is 4.39 Å². The van der Waals surface area contributed by atoms with Crippen LogP contribution in [0.25, 0.3) is 0 Å². The van der Waals surface area contributed by atoms with E-state index in [1.807, 2.05) is 6.92 Å². The van der Waals surface area contributed by atoms with E-state index in [1.54, 1.807) is 18.2 Å². The fraction of sp³-hybridized carbons (Fsp3) is 0.562.